The Hall–Kier alpha value is -2.50. The van der Waals surface area contributed by atoms with Gasteiger partial charge < -0.3 is 10.1 Å². The molecular weight excluding hydrogens is 343 g/mol. The highest BCUT2D eigenvalue weighted by molar-refractivity contribution is 5.91. The van der Waals surface area contributed by atoms with Gasteiger partial charge in [0.1, 0.15) is 12.4 Å². The Morgan fingerprint density at radius 3 is 2.50 bits per heavy atom. The number of ether oxygens (including phenoxy) is 1. The molecule has 0 radical (unpaired) electrons. The molecule has 0 aromatic heterocycles. The number of carbonyl (C=O) groups excluding carboxylic acids is 1. The van der Waals surface area contributed by atoms with E-state index in [1.54, 1.807) is 32.0 Å². The van der Waals surface area contributed by atoms with Gasteiger partial charge >= 0.3 is 6.18 Å². The normalized spacial score (nSPS) is 11.3. The summed E-state index contributed by atoms with van der Waals surface area (Å²) in [4.78, 5) is 11.7. The van der Waals surface area contributed by atoms with Crippen molar-refractivity contribution < 1.29 is 22.7 Å². The van der Waals surface area contributed by atoms with Gasteiger partial charge in [0.05, 0.1) is 5.56 Å². The van der Waals surface area contributed by atoms with Crippen molar-refractivity contribution in [2.45, 2.75) is 46.4 Å². The Morgan fingerprint density at radius 2 is 1.88 bits per heavy atom. The molecule has 26 heavy (non-hydrogen) atoms. The summed E-state index contributed by atoms with van der Waals surface area (Å²) >= 11 is 0. The maximum atomic E-state index is 13.3. The Morgan fingerprint density at radius 1 is 1.15 bits per heavy atom. The fraction of sp³-hybridized carbons (Fsp3) is 0.350. The maximum Gasteiger partial charge on any atom is 0.419 e. The number of anilines is 1. The lowest BCUT2D eigenvalue weighted by atomic mass is 10.0. The van der Waals surface area contributed by atoms with Gasteiger partial charge in [-0.05, 0) is 37.1 Å². The zero-order valence-corrected chi connectivity index (χ0v) is 15.0. The molecule has 1 N–H and O–H groups in total. The molecule has 0 aliphatic rings. The van der Waals surface area contributed by atoms with E-state index >= 15 is 0 Å². The minimum Gasteiger partial charge on any atom is -0.488 e. The highest BCUT2D eigenvalue weighted by Gasteiger charge is 2.34. The van der Waals surface area contributed by atoms with Gasteiger partial charge in [-0.1, -0.05) is 37.6 Å². The lowest BCUT2D eigenvalue weighted by molar-refractivity contribution is -0.139. The van der Waals surface area contributed by atoms with Crippen LogP contribution in [-0.4, -0.2) is 5.91 Å². The molecule has 0 spiro atoms. The molecular formula is C20H22F3NO2. The molecule has 2 rings (SSSR count). The van der Waals surface area contributed by atoms with Crippen molar-refractivity contribution in [3.05, 3.63) is 58.7 Å². The van der Waals surface area contributed by atoms with Crippen LogP contribution in [0.1, 0.15) is 42.5 Å². The van der Waals surface area contributed by atoms with Crippen LogP contribution in [0.3, 0.4) is 0 Å². The van der Waals surface area contributed by atoms with Crippen LogP contribution in [0.5, 0.6) is 5.75 Å². The molecule has 140 valence electrons. The van der Waals surface area contributed by atoms with Crippen molar-refractivity contribution in [1.82, 2.24) is 0 Å². The number of benzene rings is 2. The second-order valence-electron chi connectivity index (χ2n) is 5.98. The molecule has 0 saturated carbocycles. The SMILES string of the molecule is CCC(=O)Nc1cccc(CC)c1COc1ccc(C)cc1C(F)(F)F. The van der Waals surface area contributed by atoms with Crippen LogP contribution < -0.4 is 10.1 Å². The smallest absolute Gasteiger partial charge is 0.419 e. The monoisotopic (exact) mass is 365 g/mol. The largest absolute Gasteiger partial charge is 0.488 e. The van der Waals surface area contributed by atoms with Gasteiger partial charge in [0.2, 0.25) is 5.91 Å². The second kappa shape index (κ2) is 8.25. The lowest BCUT2D eigenvalue weighted by Crippen LogP contribution is -2.14. The second-order valence-corrected chi connectivity index (χ2v) is 5.98. The van der Waals surface area contributed by atoms with Gasteiger partial charge in [-0.15, -0.1) is 0 Å². The summed E-state index contributed by atoms with van der Waals surface area (Å²) < 4.78 is 45.3. The van der Waals surface area contributed by atoms with E-state index < -0.39 is 11.7 Å². The number of hydrogen-bond donors (Lipinski definition) is 1. The molecule has 1 amide bonds. The van der Waals surface area contributed by atoms with Crippen LogP contribution in [0.15, 0.2) is 36.4 Å². The predicted octanol–water partition coefficient (Wildman–Crippen LogP) is 5.50. The molecule has 2 aromatic rings. The highest BCUT2D eigenvalue weighted by atomic mass is 19.4. The molecule has 0 aliphatic carbocycles. The number of carbonyl (C=O) groups is 1. The first kappa shape index (κ1) is 19.8. The van der Waals surface area contributed by atoms with Crippen LogP contribution in [0.4, 0.5) is 18.9 Å². The fourth-order valence-corrected chi connectivity index (χ4v) is 2.63. The number of nitrogens with one attached hydrogen (secondary N) is 1. The van der Waals surface area contributed by atoms with Crippen LogP contribution in [-0.2, 0) is 24.0 Å². The summed E-state index contributed by atoms with van der Waals surface area (Å²) in [7, 11) is 0. The zero-order chi connectivity index (χ0) is 19.3. The van der Waals surface area contributed by atoms with Crippen molar-refractivity contribution in [1.29, 1.82) is 0 Å². The topological polar surface area (TPSA) is 38.3 Å². The minimum atomic E-state index is -4.50. The van der Waals surface area contributed by atoms with E-state index in [2.05, 4.69) is 5.32 Å². The van der Waals surface area contributed by atoms with E-state index in [-0.39, 0.29) is 18.3 Å². The van der Waals surface area contributed by atoms with Gasteiger partial charge in [-0.2, -0.15) is 13.2 Å². The molecule has 0 saturated heterocycles. The molecule has 0 atom stereocenters. The molecule has 0 heterocycles. The number of alkyl halides is 3. The van der Waals surface area contributed by atoms with E-state index in [1.165, 1.54) is 6.07 Å². The predicted molar refractivity (Wildman–Crippen MR) is 95.3 cm³/mol. The molecule has 0 fully saturated rings. The molecule has 0 bridgehead atoms. The number of hydrogen-bond acceptors (Lipinski definition) is 2. The Bertz CT molecular complexity index is 785. The third kappa shape index (κ3) is 4.77. The lowest BCUT2D eigenvalue weighted by Gasteiger charge is -2.18. The Labute approximate surface area is 151 Å². The quantitative estimate of drug-likeness (QED) is 0.734. The third-order valence-corrected chi connectivity index (χ3v) is 4.06. The number of aryl methyl sites for hydroxylation is 2. The van der Waals surface area contributed by atoms with Crippen LogP contribution in [0, 0.1) is 6.92 Å². The van der Waals surface area contributed by atoms with E-state index in [1.807, 2.05) is 13.0 Å². The summed E-state index contributed by atoms with van der Waals surface area (Å²) in [5.74, 6) is -0.382. The third-order valence-electron chi connectivity index (χ3n) is 4.06. The van der Waals surface area contributed by atoms with Crippen LogP contribution >= 0.6 is 0 Å². The van der Waals surface area contributed by atoms with Gasteiger partial charge in [-0.3, -0.25) is 4.79 Å². The molecule has 6 heteroatoms. The Balaban J connectivity index is 2.34. The van der Waals surface area contributed by atoms with E-state index in [0.717, 1.165) is 11.6 Å². The highest BCUT2D eigenvalue weighted by Crippen LogP contribution is 2.37. The van der Waals surface area contributed by atoms with Gasteiger partial charge in [0.15, 0.2) is 0 Å². The van der Waals surface area contributed by atoms with E-state index in [4.69, 9.17) is 4.74 Å². The zero-order valence-electron chi connectivity index (χ0n) is 15.0. The molecule has 2 aromatic carbocycles. The van der Waals surface area contributed by atoms with Crippen molar-refractivity contribution in [2.24, 2.45) is 0 Å². The summed E-state index contributed by atoms with van der Waals surface area (Å²) in [6.45, 7) is 5.22. The first-order chi connectivity index (χ1) is 12.3. The number of amides is 1. The van der Waals surface area contributed by atoms with Crippen molar-refractivity contribution in [3.63, 3.8) is 0 Å². The molecule has 0 unspecified atom stereocenters. The average molecular weight is 365 g/mol. The molecule has 0 aliphatic heterocycles. The van der Waals surface area contributed by atoms with Gasteiger partial charge in [-0.25, -0.2) is 0 Å². The van der Waals surface area contributed by atoms with Crippen LogP contribution in [0.25, 0.3) is 0 Å². The fourth-order valence-electron chi connectivity index (χ4n) is 2.63. The van der Waals surface area contributed by atoms with E-state index in [9.17, 15) is 18.0 Å². The standard InChI is InChI=1S/C20H22F3NO2/c1-4-14-7-6-8-17(24-19(25)5-2)15(14)12-26-18-10-9-13(3)11-16(18)20(21,22)23/h6-11H,4-5,12H2,1-3H3,(H,24,25). The number of rotatable bonds is 6. The van der Waals surface area contributed by atoms with Crippen molar-refractivity contribution >= 4 is 11.6 Å². The summed E-state index contributed by atoms with van der Waals surface area (Å²) in [6.07, 6.45) is -3.51. The van der Waals surface area contributed by atoms with Crippen molar-refractivity contribution in [2.75, 3.05) is 5.32 Å². The summed E-state index contributed by atoms with van der Waals surface area (Å²) in [6, 6.07) is 9.39. The van der Waals surface area contributed by atoms with E-state index in [0.29, 0.717) is 29.7 Å². The average Bonchev–Trinajstić information content (AvgIpc) is 2.60. The Kier molecular flexibility index (Phi) is 6.29. The first-order valence-corrected chi connectivity index (χ1v) is 8.47. The van der Waals surface area contributed by atoms with Crippen molar-refractivity contribution in [3.8, 4) is 5.75 Å². The number of halogens is 3. The first-order valence-electron chi connectivity index (χ1n) is 8.47. The maximum absolute atomic E-state index is 13.3. The summed E-state index contributed by atoms with van der Waals surface area (Å²) in [5, 5.41) is 2.78. The molecule has 3 nitrogen and oxygen atoms in total. The minimum absolute atomic E-state index is 0.0600. The van der Waals surface area contributed by atoms with Gasteiger partial charge in [0, 0.05) is 17.7 Å². The summed E-state index contributed by atoms with van der Waals surface area (Å²) in [5.41, 5.74) is 1.88. The van der Waals surface area contributed by atoms with Gasteiger partial charge in [0.25, 0.3) is 0 Å². The van der Waals surface area contributed by atoms with Crippen LogP contribution in [0.2, 0.25) is 0 Å².